The van der Waals surface area contributed by atoms with Gasteiger partial charge in [0.2, 0.25) is 0 Å². The van der Waals surface area contributed by atoms with Gasteiger partial charge >= 0.3 is 0 Å². The van der Waals surface area contributed by atoms with Gasteiger partial charge in [-0.3, -0.25) is 0 Å². The van der Waals surface area contributed by atoms with Crippen LogP contribution < -0.4 is 10.1 Å². The lowest BCUT2D eigenvalue weighted by atomic mass is 10.0. The molecule has 4 rings (SSSR count). The van der Waals surface area contributed by atoms with Gasteiger partial charge in [-0.25, -0.2) is 4.98 Å². The predicted octanol–water partition coefficient (Wildman–Crippen LogP) is 5.93. The molecule has 0 aliphatic carbocycles. The van der Waals surface area contributed by atoms with Crippen LogP contribution in [0.1, 0.15) is 16.7 Å². The summed E-state index contributed by atoms with van der Waals surface area (Å²) < 4.78 is 6.41. The first-order valence-corrected chi connectivity index (χ1v) is 10.3. The van der Waals surface area contributed by atoms with Crippen LogP contribution in [0.2, 0.25) is 0 Å². The molecule has 0 bridgehead atoms. The van der Waals surface area contributed by atoms with E-state index in [9.17, 15) is 0 Å². The van der Waals surface area contributed by atoms with Crippen LogP contribution in [0.4, 0.5) is 5.82 Å². The quantitative estimate of drug-likeness (QED) is 0.382. The van der Waals surface area contributed by atoms with Crippen LogP contribution in [0.3, 0.4) is 0 Å². The Morgan fingerprint density at radius 2 is 1.23 bits per heavy atom. The van der Waals surface area contributed by atoms with Gasteiger partial charge in [-0.05, 0) is 41.0 Å². The predicted molar refractivity (Wildman–Crippen MR) is 123 cm³/mol. The number of pyridine rings is 1. The monoisotopic (exact) mass is 394 g/mol. The average molecular weight is 395 g/mol. The Morgan fingerprint density at radius 3 is 1.80 bits per heavy atom. The number of rotatable bonds is 9. The lowest BCUT2D eigenvalue weighted by Gasteiger charge is -2.20. The highest BCUT2D eigenvalue weighted by molar-refractivity contribution is 5.36. The molecule has 4 aromatic rings. The number of hydrogen-bond donors (Lipinski definition) is 1. The molecule has 3 nitrogen and oxygen atoms in total. The lowest BCUT2D eigenvalue weighted by Crippen LogP contribution is -2.22. The van der Waals surface area contributed by atoms with E-state index < -0.39 is 0 Å². The molecule has 0 unspecified atom stereocenters. The zero-order valence-corrected chi connectivity index (χ0v) is 16.9. The summed E-state index contributed by atoms with van der Waals surface area (Å²) in [5, 5.41) is 3.33. The van der Waals surface area contributed by atoms with E-state index in [1.807, 2.05) is 30.3 Å². The van der Waals surface area contributed by atoms with Crippen molar-refractivity contribution in [1.82, 2.24) is 4.98 Å². The molecule has 0 spiro atoms. The third-order valence-electron chi connectivity index (χ3n) is 4.98. The zero-order chi connectivity index (χ0) is 20.4. The Hall–Kier alpha value is -3.59. The van der Waals surface area contributed by atoms with Gasteiger partial charge in [-0.2, -0.15) is 0 Å². The minimum atomic E-state index is 0.0762. The van der Waals surface area contributed by atoms with Gasteiger partial charge < -0.3 is 10.1 Å². The van der Waals surface area contributed by atoms with Crippen molar-refractivity contribution in [2.45, 2.75) is 25.5 Å². The molecular weight excluding hydrogens is 368 g/mol. The Morgan fingerprint density at radius 1 is 0.633 bits per heavy atom. The molecule has 0 aliphatic heterocycles. The Balaban J connectivity index is 1.41. The van der Waals surface area contributed by atoms with Crippen molar-refractivity contribution in [2.75, 3.05) is 5.32 Å². The highest BCUT2D eigenvalue weighted by atomic mass is 16.5. The Kier molecular flexibility index (Phi) is 6.74. The molecule has 1 heterocycles. The van der Waals surface area contributed by atoms with Crippen LogP contribution in [0, 0.1) is 0 Å². The number of aromatic nitrogens is 1. The maximum Gasteiger partial charge on any atom is 0.126 e. The van der Waals surface area contributed by atoms with Gasteiger partial charge in [0.05, 0.1) is 0 Å². The average Bonchev–Trinajstić information content (AvgIpc) is 2.81. The van der Waals surface area contributed by atoms with Crippen LogP contribution in [-0.4, -0.2) is 11.1 Å². The summed E-state index contributed by atoms with van der Waals surface area (Å²) in [5.74, 6) is 1.78. The molecule has 1 aromatic heterocycles. The maximum absolute atomic E-state index is 6.41. The number of hydrogen-bond acceptors (Lipinski definition) is 3. The van der Waals surface area contributed by atoms with E-state index in [1.54, 1.807) is 6.20 Å². The van der Waals surface area contributed by atoms with Crippen molar-refractivity contribution in [3.05, 3.63) is 126 Å². The molecule has 1 N–H and O–H groups in total. The van der Waals surface area contributed by atoms with E-state index in [0.717, 1.165) is 31.0 Å². The van der Waals surface area contributed by atoms with Gasteiger partial charge in [0.1, 0.15) is 17.7 Å². The minimum Gasteiger partial charge on any atom is -0.490 e. The van der Waals surface area contributed by atoms with E-state index in [4.69, 9.17) is 4.74 Å². The molecule has 150 valence electrons. The first-order valence-electron chi connectivity index (χ1n) is 10.3. The van der Waals surface area contributed by atoms with Gasteiger partial charge in [0.25, 0.3) is 0 Å². The summed E-state index contributed by atoms with van der Waals surface area (Å²) >= 11 is 0. The summed E-state index contributed by atoms with van der Waals surface area (Å²) in [6, 6.07) is 35.2. The van der Waals surface area contributed by atoms with Crippen LogP contribution in [0.15, 0.2) is 109 Å². The Bertz CT molecular complexity index is 961. The fourth-order valence-electron chi connectivity index (χ4n) is 3.45. The topological polar surface area (TPSA) is 34.1 Å². The number of nitrogens with one attached hydrogen (secondary N) is 1. The minimum absolute atomic E-state index is 0.0762. The number of benzene rings is 3. The fourth-order valence-corrected chi connectivity index (χ4v) is 3.45. The molecule has 3 aromatic carbocycles. The summed E-state index contributed by atoms with van der Waals surface area (Å²) in [6.45, 7) is 0.731. The molecule has 0 amide bonds. The standard InChI is InChI=1S/C27H26N2O/c1-3-9-22(10-4-1)19-26(20-23-11-5-2-6-12-23)30-25-16-14-24(15-17-25)21-29-27-13-7-8-18-28-27/h1-18,26H,19-21H2,(H,28,29). The second-order valence-corrected chi connectivity index (χ2v) is 7.33. The normalized spacial score (nSPS) is 10.7. The largest absolute Gasteiger partial charge is 0.490 e. The van der Waals surface area contributed by atoms with Crippen molar-refractivity contribution in [3.63, 3.8) is 0 Å². The van der Waals surface area contributed by atoms with E-state index >= 15 is 0 Å². The first kappa shape index (κ1) is 19.7. The molecule has 3 heteroatoms. The van der Waals surface area contributed by atoms with E-state index in [0.29, 0.717) is 0 Å². The smallest absolute Gasteiger partial charge is 0.126 e. The lowest BCUT2D eigenvalue weighted by molar-refractivity contribution is 0.202. The van der Waals surface area contributed by atoms with E-state index in [-0.39, 0.29) is 6.10 Å². The second-order valence-electron chi connectivity index (χ2n) is 7.33. The van der Waals surface area contributed by atoms with Gasteiger partial charge in [-0.15, -0.1) is 0 Å². The number of ether oxygens (including phenoxy) is 1. The molecule has 0 aliphatic rings. The third-order valence-corrected chi connectivity index (χ3v) is 4.98. The van der Waals surface area contributed by atoms with E-state index in [1.165, 1.54) is 16.7 Å². The molecule has 0 saturated carbocycles. The SMILES string of the molecule is c1ccc(CC(Cc2ccccc2)Oc2ccc(CNc3ccccn3)cc2)cc1. The maximum atomic E-state index is 6.41. The molecule has 0 fully saturated rings. The number of anilines is 1. The Labute approximate surface area is 178 Å². The number of nitrogens with zero attached hydrogens (tertiary/aromatic N) is 1. The summed E-state index contributed by atoms with van der Waals surface area (Å²) in [4.78, 5) is 4.29. The van der Waals surface area contributed by atoms with Crippen LogP contribution in [0.5, 0.6) is 5.75 Å². The zero-order valence-electron chi connectivity index (χ0n) is 16.9. The first-order chi connectivity index (χ1) is 14.8. The van der Waals surface area contributed by atoms with Crippen LogP contribution >= 0.6 is 0 Å². The highest BCUT2D eigenvalue weighted by Crippen LogP contribution is 2.19. The molecule has 30 heavy (non-hydrogen) atoms. The van der Waals surface area contributed by atoms with Gasteiger partial charge in [-0.1, -0.05) is 78.9 Å². The highest BCUT2D eigenvalue weighted by Gasteiger charge is 2.13. The fraction of sp³-hybridized carbons (Fsp3) is 0.148. The van der Waals surface area contributed by atoms with Crippen molar-refractivity contribution in [2.24, 2.45) is 0 Å². The van der Waals surface area contributed by atoms with Crippen molar-refractivity contribution >= 4 is 5.82 Å². The van der Waals surface area contributed by atoms with Gasteiger partial charge in [0.15, 0.2) is 0 Å². The van der Waals surface area contributed by atoms with E-state index in [2.05, 4.69) is 83.1 Å². The van der Waals surface area contributed by atoms with Gasteiger partial charge in [0, 0.05) is 25.6 Å². The second kappa shape index (κ2) is 10.3. The molecule has 0 radical (unpaired) electrons. The van der Waals surface area contributed by atoms with Crippen LogP contribution in [0.25, 0.3) is 0 Å². The van der Waals surface area contributed by atoms with Crippen molar-refractivity contribution in [1.29, 1.82) is 0 Å². The van der Waals surface area contributed by atoms with Crippen molar-refractivity contribution in [3.8, 4) is 5.75 Å². The van der Waals surface area contributed by atoms with Crippen molar-refractivity contribution < 1.29 is 4.74 Å². The summed E-state index contributed by atoms with van der Waals surface area (Å²) in [5.41, 5.74) is 3.76. The molecule has 0 saturated heterocycles. The summed E-state index contributed by atoms with van der Waals surface area (Å²) in [7, 11) is 0. The molecular formula is C27H26N2O. The summed E-state index contributed by atoms with van der Waals surface area (Å²) in [6.07, 6.45) is 3.61. The molecule has 0 atom stereocenters. The van der Waals surface area contributed by atoms with Crippen LogP contribution in [-0.2, 0) is 19.4 Å². The third kappa shape index (κ3) is 5.95.